The van der Waals surface area contributed by atoms with Crippen LogP contribution < -0.4 is 0 Å². The fraction of sp³-hybridized carbons (Fsp3) is 0.667. The third kappa shape index (κ3) is 1.91. The molecule has 1 aliphatic carbocycles. The third-order valence-corrected chi connectivity index (χ3v) is 4.37. The molecule has 18 heavy (non-hydrogen) atoms. The maximum Gasteiger partial charge on any atom is 0.144 e. The quantitative estimate of drug-likeness (QED) is 0.437. The van der Waals surface area contributed by atoms with E-state index in [1.165, 1.54) is 5.57 Å². The molecule has 1 heterocycles. The predicted octanol–water partition coefficient (Wildman–Crippen LogP) is 2.53. The first-order valence-electron chi connectivity index (χ1n) is 6.73. The van der Waals surface area contributed by atoms with E-state index in [2.05, 4.69) is 31.7 Å². The van der Waals surface area contributed by atoms with Crippen molar-refractivity contribution < 1.29 is 9.53 Å². The summed E-state index contributed by atoms with van der Waals surface area (Å²) in [5.41, 5.74) is 2.50. The van der Waals surface area contributed by atoms with E-state index in [4.69, 9.17) is 4.74 Å². The van der Waals surface area contributed by atoms with E-state index in [1.807, 2.05) is 0 Å². The number of ether oxygens (including phenoxy) is 1. The van der Waals surface area contributed by atoms with Crippen LogP contribution in [0.5, 0.6) is 0 Å². The van der Waals surface area contributed by atoms with Gasteiger partial charge >= 0.3 is 0 Å². The highest BCUT2D eigenvalue weighted by molar-refractivity contribution is 5.67. The number of hydrogen-bond acceptors (Lipinski definition) is 3. The number of methoxy groups -OCH3 is 1. The second-order valence-electron chi connectivity index (χ2n) is 5.59. The van der Waals surface area contributed by atoms with E-state index in [-0.39, 0.29) is 11.5 Å². The van der Waals surface area contributed by atoms with Gasteiger partial charge in [-0.05, 0) is 31.4 Å². The van der Waals surface area contributed by atoms with Crippen molar-refractivity contribution in [3.8, 4) is 0 Å². The summed E-state index contributed by atoms with van der Waals surface area (Å²) in [6.07, 6.45) is 7.30. The summed E-state index contributed by atoms with van der Waals surface area (Å²) in [4.78, 5) is 13.3. The molecular formula is C15H23NO2. The second-order valence-corrected chi connectivity index (χ2v) is 5.59. The van der Waals surface area contributed by atoms with E-state index < -0.39 is 0 Å². The molecule has 2 aliphatic rings. The first kappa shape index (κ1) is 13.3. The van der Waals surface area contributed by atoms with E-state index in [9.17, 15) is 4.79 Å². The minimum atomic E-state index is -0.0568. The molecule has 1 unspecified atom stereocenters. The van der Waals surface area contributed by atoms with Crippen molar-refractivity contribution in [2.45, 2.75) is 45.8 Å². The first-order chi connectivity index (χ1) is 8.56. The summed E-state index contributed by atoms with van der Waals surface area (Å²) in [7, 11) is 1.77. The number of rotatable bonds is 3. The number of likely N-dealkylation sites (tertiary alicyclic amines) is 1. The summed E-state index contributed by atoms with van der Waals surface area (Å²) < 4.78 is 5.47. The van der Waals surface area contributed by atoms with Crippen molar-refractivity contribution >= 4 is 6.29 Å². The monoisotopic (exact) mass is 249 g/mol. The highest BCUT2D eigenvalue weighted by atomic mass is 16.5. The lowest BCUT2D eigenvalue weighted by atomic mass is 9.78. The smallest absolute Gasteiger partial charge is 0.144 e. The van der Waals surface area contributed by atoms with Gasteiger partial charge in [0, 0.05) is 24.8 Å². The topological polar surface area (TPSA) is 29.5 Å². The molecule has 0 spiro atoms. The van der Waals surface area contributed by atoms with E-state index in [0.717, 1.165) is 31.4 Å². The first-order valence-corrected chi connectivity index (χ1v) is 6.73. The zero-order valence-electron chi connectivity index (χ0n) is 11.8. The number of hydrogen-bond donors (Lipinski definition) is 0. The Bertz CT molecular complexity index is 395. The Hall–Kier alpha value is -1.09. The Morgan fingerprint density at radius 3 is 2.78 bits per heavy atom. The van der Waals surface area contributed by atoms with Crippen LogP contribution >= 0.6 is 0 Å². The van der Waals surface area contributed by atoms with Crippen LogP contribution in [-0.4, -0.2) is 37.0 Å². The van der Waals surface area contributed by atoms with Gasteiger partial charge < -0.3 is 9.64 Å². The number of aldehydes is 1. The van der Waals surface area contributed by atoms with Gasteiger partial charge in [-0.1, -0.05) is 19.9 Å². The van der Waals surface area contributed by atoms with Crippen molar-refractivity contribution in [2.24, 2.45) is 5.41 Å². The van der Waals surface area contributed by atoms with Gasteiger partial charge in [0.05, 0.1) is 12.1 Å². The fourth-order valence-electron chi connectivity index (χ4n) is 3.44. The molecule has 0 aromatic heterocycles. The molecule has 3 nitrogen and oxygen atoms in total. The molecule has 0 aromatic rings. The summed E-state index contributed by atoms with van der Waals surface area (Å²) in [6.45, 7) is 7.51. The van der Waals surface area contributed by atoms with Crippen LogP contribution in [0.3, 0.4) is 0 Å². The molecule has 1 fully saturated rings. The molecule has 2 rings (SSSR count). The number of carbonyl (C=O) groups is 1. The van der Waals surface area contributed by atoms with Crippen molar-refractivity contribution in [2.75, 3.05) is 13.7 Å². The van der Waals surface area contributed by atoms with Crippen LogP contribution in [0.1, 0.15) is 33.6 Å². The molecule has 3 heteroatoms. The molecule has 0 amide bonds. The van der Waals surface area contributed by atoms with Gasteiger partial charge in [0.25, 0.3) is 0 Å². The van der Waals surface area contributed by atoms with Crippen LogP contribution in [0, 0.1) is 5.41 Å². The fourth-order valence-corrected chi connectivity index (χ4v) is 3.44. The Balaban J connectivity index is 2.46. The molecule has 0 bridgehead atoms. The van der Waals surface area contributed by atoms with Crippen LogP contribution in [0.25, 0.3) is 0 Å². The molecule has 0 radical (unpaired) electrons. The van der Waals surface area contributed by atoms with Crippen LogP contribution in [0.2, 0.25) is 0 Å². The van der Waals surface area contributed by atoms with Gasteiger partial charge in [-0.15, -0.1) is 0 Å². The van der Waals surface area contributed by atoms with Gasteiger partial charge in [-0.25, -0.2) is 0 Å². The highest BCUT2D eigenvalue weighted by Crippen LogP contribution is 2.50. The summed E-state index contributed by atoms with van der Waals surface area (Å²) in [5, 5.41) is 0. The van der Waals surface area contributed by atoms with E-state index >= 15 is 0 Å². The second kappa shape index (κ2) is 4.88. The Labute approximate surface area is 109 Å². The van der Waals surface area contributed by atoms with Gasteiger partial charge in [0.1, 0.15) is 6.29 Å². The van der Waals surface area contributed by atoms with Crippen molar-refractivity contribution in [1.82, 2.24) is 4.90 Å². The lowest BCUT2D eigenvalue weighted by Crippen LogP contribution is -2.32. The zero-order valence-corrected chi connectivity index (χ0v) is 11.8. The summed E-state index contributed by atoms with van der Waals surface area (Å²) in [5.74, 6) is 0. The van der Waals surface area contributed by atoms with Gasteiger partial charge in [-0.2, -0.15) is 0 Å². The Morgan fingerprint density at radius 2 is 2.22 bits per heavy atom. The average Bonchev–Trinajstić information content (AvgIpc) is 2.58. The molecule has 1 aliphatic heterocycles. The Kier molecular flexibility index (Phi) is 3.62. The van der Waals surface area contributed by atoms with E-state index in [1.54, 1.807) is 13.2 Å². The third-order valence-electron chi connectivity index (χ3n) is 4.37. The van der Waals surface area contributed by atoms with Gasteiger partial charge in [0.2, 0.25) is 0 Å². The number of carbonyl (C=O) groups excluding carboxylic acids is 1. The number of allylic oxidation sites excluding steroid dienone is 2. The number of nitrogens with zero attached hydrogens (tertiary/aromatic N) is 1. The Morgan fingerprint density at radius 1 is 1.50 bits per heavy atom. The maximum absolute atomic E-state index is 10.9. The molecule has 0 N–H and O–H groups in total. The van der Waals surface area contributed by atoms with Crippen molar-refractivity contribution in [1.29, 1.82) is 0 Å². The number of fused-ring (bicyclic) bond motifs is 1. The van der Waals surface area contributed by atoms with Crippen molar-refractivity contribution in [3.63, 3.8) is 0 Å². The molecule has 1 saturated heterocycles. The lowest BCUT2D eigenvalue weighted by molar-refractivity contribution is -0.104. The van der Waals surface area contributed by atoms with Crippen LogP contribution in [0.15, 0.2) is 23.4 Å². The van der Waals surface area contributed by atoms with E-state index in [0.29, 0.717) is 6.04 Å². The van der Waals surface area contributed by atoms with Gasteiger partial charge in [-0.3, -0.25) is 4.79 Å². The molecule has 100 valence electrons. The molecule has 0 saturated carbocycles. The van der Waals surface area contributed by atoms with Gasteiger partial charge in [0.15, 0.2) is 0 Å². The summed E-state index contributed by atoms with van der Waals surface area (Å²) in [6, 6.07) is 0.447. The largest absolute Gasteiger partial charge is 0.377 e. The molecular weight excluding hydrogens is 226 g/mol. The minimum Gasteiger partial charge on any atom is -0.377 e. The highest BCUT2D eigenvalue weighted by Gasteiger charge is 2.46. The van der Waals surface area contributed by atoms with Crippen molar-refractivity contribution in [3.05, 3.63) is 23.4 Å². The zero-order chi connectivity index (χ0) is 13.3. The summed E-state index contributed by atoms with van der Waals surface area (Å²) >= 11 is 0. The normalized spacial score (nSPS) is 32.3. The van der Waals surface area contributed by atoms with Crippen LogP contribution in [-0.2, 0) is 9.53 Å². The lowest BCUT2D eigenvalue weighted by Gasteiger charge is -2.30. The molecule has 2 atom stereocenters. The predicted molar refractivity (Wildman–Crippen MR) is 72.2 cm³/mol. The maximum atomic E-state index is 10.9. The molecule has 0 aromatic carbocycles. The number of likely N-dealkylation sites (N-methyl/N-ethyl adjacent to an activating group) is 1. The average molecular weight is 249 g/mol. The minimum absolute atomic E-state index is 0.0568. The SMILES string of the molecule is CCN1/C(=C\C=O)C(C)(C)C2=CC(OC)CC[C@@H]21. The van der Waals surface area contributed by atoms with Crippen LogP contribution in [0.4, 0.5) is 0 Å². The standard InChI is InChI=1S/C15H23NO2/c1-5-16-13-7-6-11(18-4)10-12(13)15(2,3)14(16)8-9-17/h8-11,13H,5-7H2,1-4H3/b14-8-/t11?,13-/m0/s1.